The average Bonchev–Trinajstić information content (AvgIpc) is 3.18. The van der Waals surface area contributed by atoms with Gasteiger partial charge < -0.3 is 4.57 Å². The van der Waals surface area contributed by atoms with Gasteiger partial charge in [-0.1, -0.05) is 18.2 Å². The van der Waals surface area contributed by atoms with Crippen LogP contribution in [0, 0.1) is 11.3 Å². The third-order valence-corrected chi connectivity index (χ3v) is 5.16. The van der Waals surface area contributed by atoms with E-state index in [0.717, 1.165) is 17.0 Å². The molecule has 0 aliphatic heterocycles. The third kappa shape index (κ3) is 4.67. The van der Waals surface area contributed by atoms with E-state index in [4.69, 9.17) is 5.26 Å². The van der Waals surface area contributed by atoms with Crippen molar-refractivity contribution in [3.05, 3.63) is 111 Å². The van der Waals surface area contributed by atoms with Crippen LogP contribution >= 0.6 is 28.3 Å². The average molecular weight is 483 g/mol. The van der Waals surface area contributed by atoms with Crippen molar-refractivity contribution < 1.29 is 0 Å². The van der Waals surface area contributed by atoms with Crippen molar-refractivity contribution >= 4 is 28.3 Å². The Kier molecular flexibility index (Phi) is 6.83. The standard InChI is InChI=1S/C22H16BrN5O.ClH/c23-19-2-1-10-28(22(19)29)20-8-7-18(14-26-20)15-27-11-9-25-21(27)12-16-3-5-17(13-24)6-4-16;/h1-11,14H,12,15H2;1H. The molecule has 0 aliphatic rings. The molecule has 30 heavy (non-hydrogen) atoms. The summed E-state index contributed by atoms with van der Waals surface area (Å²) in [5, 5.41) is 8.92. The molecule has 8 heteroatoms. The van der Waals surface area contributed by atoms with Crippen molar-refractivity contribution in [3.63, 3.8) is 0 Å². The maximum atomic E-state index is 12.2. The molecule has 4 aromatic rings. The third-order valence-electron chi connectivity index (χ3n) is 4.56. The lowest BCUT2D eigenvalue weighted by Gasteiger charge is -2.10. The first-order chi connectivity index (χ1) is 14.1. The van der Waals surface area contributed by atoms with Gasteiger partial charge in [0.15, 0.2) is 0 Å². The molecule has 3 aromatic heterocycles. The Bertz CT molecular complexity index is 1240. The molecule has 1 aromatic carbocycles. The molecule has 0 N–H and O–H groups in total. The van der Waals surface area contributed by atoms with E-state index in [1.54, 1.807) is 30.7 Å². The number of aromatic nitrogens is 4. The molecule has 0 aliphatic carbocycles. The number of rotatable bonds is 5. The highest BCUT2D eigenvalue weighted by Gasteiger charge is 2.07. The molecule has 0 saturated heterocycles. The summed E-state index contributed by atoms with van der Waals surface area (Å²) in [5.41, 5.74) is 2.61. The summed E-state index contributed by atoms with van der Waals surface area (Å²) in [6, 6.07) is 17.0. The molecule has 0 radical (unpaired) electrons. The minimum atomic E-state index is -0.146. The number of pyridine rings is 2. The van der Waals surface area contributed by atoms with Gasteiger partial charge in [0, 0.05) is 31.2 Å². The Balaban J connectivity index is 0.00000256. The monoisotopic (exact) mass is 481 g/mol. The highest BCUT2D eigenvalue weighted by Crippen LogP contribution is 2.13. The first kappa shape index (κ1) is 21.5. The van der Waals surface area contributed by atoms with Gasteiger partial charge in [0.1, 0.15) is 11.6 Å². The van der Waals surface area contributed by atoms with E-state index in [9.17, 15) is 4.79 Å². The van der Waals surface area contributed by atoms with Gasteiger partial charge in [0.2, 0.25) is 0 Å². The Hall–Kier alpha value is -3.21. The van der Waals surface area contributed by atoms with Crippen molar-refractivity contribution in [1.29, 1.82) is 5.26 Å². The van der Waals surface area contributed by atoms with Crippen LogP contribution in [0.15, 0.2) is 82.6 Å². The molecule has 3 heterocycles. The van der Waals surface area contributed by atoms with Crippen LogP contribution in [0.3, 0.4) is 0 Å². The summed E-state index contributed by atoms with van der Waals surface area (Å²) >= 11 is 3.25. The van der Waals surface area contributed by atoms with E-state index in [0.29, 0.717) is 28.8 Å². The molecule has 0 bridgehead atoms. The zero-order chi connectivity index (χ0) is 20.2. The fourth-order valence-electron chi connectivity index (χ4n) is 3.03. The smallest absolute Gasteiger partial charge is 0.270 e. The number of imidazole rings is 1. The molecular weight excluding hydrogens is 466 g/mol. The highest BCUT2D eigenvalue weighted by molar-refractivity contribution is 9.10. The van der Waals surface area contributed by atoms with E-state index in [2.05, 4.69) is 36.5 Å². The summed E-state index contributed by atoms with van der Waals surface area (Å²) < 4.78 is 4.07. The highest BCUT2D eigenvalue weighted by atomic mass is 79.9. The van der Waals surface area contributed by atoms with Gasteiger partial charge in [0.05, 0.1) is 22.7 Å². The SMILES string of the molecule is Cl.N#Cc1ccc(Cc2nccn2Cc2ccc(-n3cccc(Br)c3=O)nc2)cc1. The summed E-state index contributed by atoms with van der Waals surface area (Å²) in [4.78, 5) is 21.1. The largest absolute Gasteiger partial charge is 0.330 e. The molecule has 0 fully saturated rings. The summed E-state index contributed by atoms with van der Waals surface area (Å²) in [5.74, 6) is 1.51. The second kappa shape index (κ2) is 9.53. The number of halogens is 2. The van der Waals surface area contributed by atoms with Crippen LogP contribution in [0.25, 0.3) is 5.82 Å². The normalized spacial score (nSPS) is 10.3. The molecule has 0 spiro atoms. The molecule has 0 saturated carbocycles. The minimum absolute atomic E-state index is 0. The summed E-state index contributed by atoms with van der Waals surface area (Å²) in [6.07, 6.45) is 7.86. The fraction of sp³-hybridized carbons (Fsp3) is 0.0909. The van der Waals surface area contributed by atoms with Gasteiger partial charge in [-0.2, -0.15) is 5.26 Å². The van der Waals surface area contributed by atoms with Crippen LogP contribution in [-0.2, 0) is 13.0 Å². The molecular formula is C22H17BrClN5O. The topological polar surface area (TPSA) is 76.5 Å². The molecule has 0 amide bonds. The van der Waals surface area contributed by atoms with Gasteiger partial charge in [0.25, 0.3) is 5.56 Å². The molecule has 6 nitrogen and oxygen atoms in total. The maximum absolute atomic E-state index is 12.2. The van der Waals surface area contributed by atoms with Crippen molar-refractivity contribution in [3.8, 4) is 11.9 Å². The van der Waals surface area contributed by atoms with Gasteiger partial charge in [-0.25, -0.2) is 9.97 Å². The maximum Gasteiger partial charge on any atom is 0.270 e. The van der Waals surface area contributed by atoms with Gasteiger partial charge >= 0.3 is 0 Å². The van der Waals surface area contributed by atoms with Gasteiger partial charge in [-0.3, -0.25) is 9.36 Å². The van der Waals surface area contributed by atoms with Crippen molar-refractivity contribution in [2.45, 2.75) is 13.0 Å². The molecule has 4 rings (SSSR count). The fourth-order valence-corrected chi connectivity index (χ4v) is 3.37. The van der Waals surface area contributed by atoms with E-state index in [1.165, 1.54) is 4.57 Å². The molecule has 0 unspecified atom stereocenters. The second-order valence-electron chi connectivity index (χ2n) is 6.51. The van der Waals surface area contributed by atoms with E-state index in [-0.39, 0.29) is 18.0 Å². The predicted octanol–water partition coefficient (Wildman–Crippen LogP) is 4.12. The number of hydrogen-bond donors (Lipinski definition) is 0. The first-order valence-corrected chi connectivity index (χ1v) is 9.75. The number of hydrogen-bond acceptors (Lipinski definition) is 4. The van der Waals surface area contributed by atoms with E-state index >= 15 is 0 Å². The van der Waals surface area contributed by atoms with Crippen molar-refractivity contribution in [2.24, 2.45) is 0 Å². The van der Waals surface area contributed by atoms with Crippen LogP contribution in [0.5, 0.6) is 0 Å². The Morgan fingerprint density at radius 3 is 2.47 bits per heavy atom. The lowest BCUT2D eigenvalue weighted by Crippen LogP contribution is -2.18. The Morgan fingerprint density at radius 1 is 1.00 bits per heavy atom. The number of nitriles is 1. The van der Waals surface area contributed by atoms with Crippen molar-refractivity contribution in [2.75, 3.05) is 0 Å². The Morgan fingerprint density at radius 2 is 1.77 bits per heavy atom. The Labute approximate surface area is 188 Å². The van der Waals surface area contributed by atoms with Crippen LogP contribution < -0.4 is 5.56 Å². The van der Waals surface area contributed by atoms with Gasteiger partial charge in [-0.05, 0) is 57.4 Å². The second-order valence-corrected chi connectivity index (χ2v) is 7.37. The van der Waals surface area contributed by atoms with Crippen LogP contribution in [0.2, 0.25) is 0 Å². The number of benzene rings is 1. The van der Waals surface area contributed by atoms with Crippen molar-refractivity contribution in [1.82, 2.24) is 19.1 Å². The quantitative estimate of drug-likeness (QED) is 0.429. The zero-order valence-electron chi connectivity index (χ0n) is 15.8. The summed E-state index contributed by atoms with van der Waals surface area (Å²) in [7, 11) is 0. The zero-order valence-corrected chi connectivity index (χ0v) is 18.2. The van der Waals surface area contributed by atoms with Gasteiger partial charge in [-0.15, -0.1) is 12.4 Å². The van der Waals surface area contributed by atoms with E-state index < -0.39 is 0 Å². The lowest BCUT2D eigenvalue weighted by atomic mass is 10.1. The predicted molar refractivity (Wildman–Crippen MR) is 120 cm³/mol. The van der Waals surface area contributed by atoms with Crippen LogP contribution in [-0.4, -0.2) is 19.1 Å². The molecule has 0 atom stereocenters. The number of nitrogens with zero attached hydrogens (tertiary/aromatic N) is 5. The molecule has 150 valence electrons. The summed E-state index contributed by atoms with van der Waals surface area (Å²) in [6.45, 7) is 0.631. The van der Waals surface area contributed by atoms with E-state index in [1.807, 2.05) is 42.6 Å². The lowest BCUT2D eigenvalue weighted by molar-refractivity contribution is 0.737. The van der Waals surface area contributed by atoms with Crippen LogP contribution in [0.4, 0.5) is 0 Å². The van der Waals surface area contributed by atoms with Crippen LogP contribution in [0.1, 0.15) is 22.5 Å². The minimum Gasteiger partial charge on any atom is -0.330 e. The first-order valence-electron chi connectivity index (χ1n) is 8.95.